The summed E-state index contributed by atoms with van der Waals surface area (Å²) in [6.45, 7) is 0.951. The van der Waals surface area contributed by atoms with Gasteiger partial charge in [-0.15, -0.1) is 0 Å². The zero-order valence-electron chi connectivity index (χ0n) is 8.12. The normalized spacial score (nSPS) is 10.0. The van der Waals surface area contributed by atoms with Crippen LogP contribution in [0.25, 0.3) is 0 Å². The van der Waals surface area contributed by atoms with E-state index in [4.69, 9.17) is 5.26 Å². The molecule has 68 valence electrons. The first-order valence-electron chi connectivity index (χ1n) is 4.32. The van der Waals surface area contributed by atoms with Gasteiger partial charge in [-0.1, -0.05) is 24.3 Å². The molecule has 13 heavy (non-hydrogen) atoms. The zero-order valence-corrected chi connectivity index (χ0v) is 8.12. The van der Waals surface area contributed by atoms with E-state index in [2.05, 4.69) is 23.1 Å². The molecule has 0 bridgehead atoms. The molecule has 0 saturated carbocycles. The maximum absolute atomic E-state index is 8.48. The molecule has 1 rings (SSSR count). The van der Waals surface area contributed by atoms with Crippen molar-refractivity contribution in [3.05, 3.63) is 35.4 Å². The van der Waals surface area contributed by atoms with E-state index in [0.29, 0.717) is 6.42 Å². The molecular formula is C11H14N2. The van der Waals surface area contributed by atoms with E-state index in [9.17, 15) is 0 Å². The molecule has 0 fully saturated rings. The first-order valence-corrected chi connectivity index (χ1v) is 4.32. The predicted octanol–water partition coefficient (Wildman–Crippen LogP) is 1.81. The minimum atomic E-state index is 0.502. The summed E-state index contributed by atoms with van der Waals surface area (Å²) < 4.78 is 0. The summed E-state index contributed by atoms with van der Waals surface area (Å²) >= 11 is 0. The van der Waals surface area contributed by atoms with Gasteiger partial charge in [-0.05, 0) is 25.2 Å². The lowest BCUT2D eigenvalue weighted by Gasteiger charge is -2.09. The lowest BCUT2D eigenvalue weighted by atomic mass is 10.1. The Kier molecular flexibility index (Phi) is 3.48. The Hall–Kier alpha value is -1.33. The van der Waals surface area contributed by atoms with Gasteiger partial charge in [0.2, 0.25) is 0 Å². The summed E-state index contributed by atoms with van der Waals surface area (Å²) in [6.07, 6.45) is 0.502. The van der Waals surface area contributed by atoms with E-state index >= 15 is 0 Å². The van der Waals surface area contributed by atoms with Crippen molar-refractivity contribution in [1.29, 1.82) is 5.26 Å². The van der Waals surface area contributed by atoms with Gasteiger partial charge in [0.1, 0.15) is 0 Å². The monoisotopic (exact) mass is 174 g/mol. The number of rotatable bonds is 3. The van der Waals surface area contributed by atoms with E-state index in [1.54, 1.807) is 0 Å². The first-order chi connectivity index (χ1) is 6.22. The Bertz CT molecular complexity index is 293. The van der Waals surface area contributed by atoms with Gasteiger partial charge in [0.05, 0.1) is 12.5 Å². The lowest BCUT2D eigenvalue weighted by molar-refractivity contribution is 0.402. The van der Waals surface area contributed by atoms with E-state index in [0.717, 1.165) is 12.1 Å². The number of hydrogen-bond acceptors (Lipinski definition) is 2. The highest BCUT2D eigenvalue weighted by atomic mass is 15.0. The van der Waals surface area contributed by atoms with Crippen molar-refractivity contribution in [1.82, 2.24) is 4.90 Å². The Morgan fingerprint density at radius 3 is 2.15 bits per heavy atom. The smallest absolute Gasteiger partial charge is 0.0669 e. The van der Waals surface area contributed by atoms with Crippen LogP contribution in [0.2, 0.25) is 0 Å². The fourth-order valence-electron chi connectivity index (χ4n) is 1.22. The van der Waals surface area contributed by atoms with Gasteiger partial charge in [0.25, 0.3) is 0 Å². The number of hydrogen-bond donors (Lipinski definition) is 0. The summed E-state index contributed by atoms with van der Waals surface area (Å²) in [4.78, 5) is 2.12. The van der Waals surface area contributed by atoms with Crippen LogP contribution in [0.1, 0.15) is 11.1 Å². The van der Waals surface area contributed by atoms with Crippen LogP contribution < -0.4 is 0 Å². The fraction of sp³-hybridized carbons (Fsp3) is 0.364. The minimum Gasteiger partial charge on any atom is -0.305 e. The van der Waals surface area contributed by atoms with Crippen molar-refractivity contribution < 1.29 is 0 Å². The third kappa shape index (κ3) is 3.27. The molecular weight excluding hydrogens is 160 g/mol. The SMILES string of the molecule is CN(C)Cc1ccc(CC#N)cc1. The van der Waals surface area contributed by atoms with Crippen molar-refractivity contribution in [3.8, 4) is 6.07 Å². The number of benzene rings is 1. The molecule has 0 spiro atoms. The Labute approximate surface area is 79.4 Å². The van der Waals surface area contributed by atoms with Crippen LogP contribution in [0.4, 0.5) is 0 Å². The largest absolute Gasteiger partial charge is 0.305 e. The van der Waals surface area contributed by atoms with Gasteiger partial charge >= 0.3 is 0 Å². The average Bonchev–Trinajstić information content (AvgIpc) is 2.08. The van der Waals surface area contributed by atoms with Crippen molar-refractivity contribution in [2.45, 2.75) is 13.0 Å². The molecule has 0 aliphatic rings. The van der Waals surface area contributed by atoms with Crippen LogP contribution in [0.5, 0.6) is 0 Å². The van der Waals surface area contributed by atoms with Gasteiger partial charge in [0, 0.05) is 6.54 Å². The third-order valence-corrected chi connectivity index (χ3v) is 1.80. The summed E-state index contributed by atoms with van der Waals surface area (Å²) in [7, 11) is 4.09. The van der Waals surface area contributed by atoms with Crippen LogP contribution >= 0.6 is 0 Å². The van der Waals surface area contributed by atoms with Crippen LogP contribution in [-0.2, 0) is 13.0 Å². The Morgan fingerprint density at radius 1 is 1.15 bits per heavy atom. The second-order valence-electron chi connectivity index (χ2n) is 3.39. The highest BCUT2D eigenvalue weighted by Gasteiger charge is 1.95. The van der Waals surface area contributed by atoms with Crippen LogP contribution in [0.15, 0.2) is 24.3 Å². The van der Waals surface area contributed by atoms with Gasteiger partial charge in [-0.25, -0.2) is 0 Å². The maximum Gasteiger partial charge on any atom is 0.0669 e. The summed E-state index contributed by atoms with van der Waals surface area (Å²) in [5, 5.41) is 8.48. The molecule has 1 aromatic rings. The average molecular weight is 174 g/mol. The molecule has 0 unspecified atom stereocenters. The highest BCUT2D eigenvalue weighted by Crippen LogP contribution is 2.06. The van der Waals surface area contributed by atoms with Crippen molar-refractivity contribution in [3.63, 3.8) is 0 Å². The summed E-state index contributed by atoms with van der Waals surface area (Å²) in [5.41, 5.74) is 2.37. The van der Waals surface area contributed by atoms with Crippen molar-refractivity contribution in [2.24, 2.45) is 0 Å². The molecule has 0 N–H and O–H groups in total. The van der Waals surface area contributed by atoms with Crippen LogP contribution in [0.3, 0.4) is 0 Å². The highest BCUT2D eigenvalue weighted by molar-refractivity contribution is 5.24. The van der Waals surface area contributed by atoms with Gasteiger partial charge < -0.3 is 4.90 Å². The molecule has 0 aliphatic heterocycles. The topological polar surface area (TPSA) is 27.0 Å². The fourth-order valence-corrected chi connectivity index (χ4v) is 1.22. The molecule has 0 aromatic heterocycles. The third-order valence-electron chi connectivity index (χ3n) is 1.80. The summed E-state index contributed by atoms with van der Waals surface area (Å²) in [6, 6.07) is 10.3. The van der Waals surface area contributed by atoms with Gasteiger partial charge in [-0.3, -0.25) is 0 Å². The van der Waals surface area contributed by atoms with Crippen molar-refractivity contribution >= 4 is 0 Å². The van der Waals surface area contributed by atoms with Crippen LogP contribution in [0, 0.1) is 11.3 Å². The van der Waals surface area contributed by atoms with E-state index in [-0.39, 0.29) is 0 Å². The Morgan fingerprint density at radius 2 is 1.69 bits per heavy atom. The molecule has 1 aromatic carbocycles. The molecule has 0 heterocycles. The molecule has 0 saturated heterocycles. The van der Waals surface area contributed by atoms with E-state index in [1.165, 1.54) is 5.56 Å². The number of nitriles is 1. The molecule has 0 atom stereocenters. The Balaban J connectivity index is 2.65. The first kappa shape index (κ1) is 9.76. The van der Waals surface area contributed by atoms with Crippen molar-refractivity contribution in [2.75, 3.05) is 14.1 Å². The number of nitrogens with zero attached hydrogens (tertiary/aromatic N) is 2. The van der Waals surface area contributed by atoms with Gasteiger partial charge in [-0.2, -0.15) is 5.26 Å². The lowest BCUT2D eigenvalue weighted by Crippen LogP contribution is -2.10. The molecule has 0 aliphatic carbocycles. The molecule has 2 nitrogen and oxygen atoms in total. The van der Waals surface area contributed by atoms with E-state index in [1.807, 2.05) is 26.2 Å². The standard InChI is InChI=1S/C11H14N2/c1-13(2)9-11-5-3-10(4-6-11)7-8-12/h3-6H,7,9H2,1-2H3. The zero-order chi connectivity index (χ0) is 9.68. The molecule has 0 amide bonds. The summed E-state index contributed by atoms with van der Waals surface area (Å²) in [5.74, 6) is 0. The van der Waals surface area contributed by atoms with Gasteiger partial charge in [0.15, 0.2) is 0 Å². The quantitative estimate of drug-likeness (QED) is 0.698. The minimum absolute atomic E-state index is 0.502. The molecule has 2 heteroatoms. The second kappa shape index (κ2) is 4.64. The van der Waals surface area contributed by atoms with E-state index < -0.39 is 0 Å². The predicted molar refractivity (Wildman–Crippen MR) is 53.2 cm³/mol. The maximum atomic E-state index is 8.48. The van der Waals surface area contributed by atoms with Crippen LogP contribution in [-0.4, -0.2) is 19.0 Å². The molecule has 0 radical (unpaired) electrons. The second-order valence-corrected chi connectivity index (χ2v) is 3.39.